The van der Waals surface area contributed by atoms with Gasteiger partial charge in [-0.3, -0.25) is 0 Å². The Hall–Kier alpha value is -0.0800. The summed E-state index contributed by atoms with van der Waals surface area (Å²) in [5.74, 6) is 0.848. The SMILES string of the molecule is CC(C)N1CCC2(CC1)CC(CN)C2. The third-order valence-electron chi connectivity index (χ3n) is 4.37. The van der Waals surface area contributed by atoms with Gasteiger partial charge in [0, 0.05) is 6.04 Å². The first-order valence-electron chi connectivity index (χ1n) is 6.09. The number of nitrogens with zero attached hydrogens (tertiary/aromatic N) is 1. The van der Waals surface area contributed by atoms with Crippen molar-refractivity contribution in [3.63, 3.8) is 0 Å². The average Bonchev–Trinajstić information content (AvgIpc) is 2.14. The highest BCUT2D eigenvalue weighted by atomic mass is 15.2. The Bertz CT molecular complexity index is 184. The second kappa shape index (κ2) is 3.82. The molecule has 1 saturated heterocycles. The summed E-state index contributed by atoms with van der Waals surface area (Å²) < 4.78 is 0. The van der Waals surface area contributed by atoms with Gasteiger partial charge in [0.05, 0.1) is 0 Å². The number of rotatable bonds is 2. The van der Waals surface area contributed by atoms with Crippen molar-refractivity contribution in [3.8, 4) is 0 Å². The molecule has 2 rings (SSSR count). The zero-order valence-corrected chi connectivity index (χ0v) is 9.63. The van der Waals surface area contributed by atoms with E-state index in [4.69, 9.17) is 5.73 Å². The van der Waals surface area contributed by atoms with Crippen molar-refractivity contribution >= 4 is 0 Å². The normalized spacial score (nSPS) is 28.3. The molecule has 0 aromatic rings. The number of nitrogens with two attached hydrogens (primary N) is 1. The first-order valence-corrected chi connectivity index (χ1v) is 6.09. The Labute approximate surface area is 87.8 Å². The molecule has 1 heterocycles. The first-order chi connectivity index (χ1) is 6.65. The van der Waals surface area contributed by atoms with Crippen LogP contribution in [0.5, 0.6) is 0 Å². The van der Waals surface area contributed by atoms with Crippen LogP contribution in [0.4, 0.5) is 0 Å². The van der Waals surface area contributed by atoms with E-state index in [-0.39, 0.29) is 0 Å². The van der Waals surface area contributed by atoms with Gasteiger partial charge < -0.3 is 10.6 Å². The number of piperidine rings is 1. The minimum atomic E-state index is 0.718. The number of likely N-dealkylation sites (tertiary alicyclic amines) is 1. The van der Waals surface area contributed by atoms with Gasteiger partial charge in [-0.15, -0.1) is 0 Å². The molecule has 0 radical (unpaired) electrons. The minimum Gasteiger partial charge on any atom is -0.330 e. The lowest BCUT2D eigenvalue weighted by atomic mass is 9.57. The van der Waals surface area contributed by atoms with Gasteiger partial charge in [0.2, 0.25) is 0 Å². The van der Waals surface area contributed by atoms with Gasteiger partial charge in [0.25, 0.3) is 0 Å². The van der Waals surface area contributed by atoms with Gasteiger partial charge in [-0.2, -0.15) is 0 Å². The van der Waals surface area contributed by atoms with Crippen LogP contribution >= 0.6 is 0 Å². The summed E-state index contributed by atoms with van der Waals surface area (Å²) in [6, 6.07) is 0.734. The van der Waals surface area contributed by atoms with E-state index in [9.17, 15) is 0 Å². The molecule has 14 heavy (non-hydrogen) atoms. The summed E-state index contributed by atoms with van der Waals surface area (Å²) in [7, 11) is 0. The molecule has 82 valence electrons. The summed E-state index contributed by atoms with van der Waals surface area (Å²) in [5.41, 5.74) is 6.41. The van der Waals surface area contributed by atoms with Crippen molar-refractivity contribution < 1.29 is 0 Å². The quantitative estimate of drug-likeness (QED) is 0.730. The highest BCUT2D eigenvalue weighted by molar-refractivity contribution is 4.97. The molecule has 2 fully saturated rings. The van der Waals surface area contributed by atoms with Crippen molar-refractivity contribution in [3.05, 3.63) is 0 Å². The predicted molar refractivity (Wildman–Crippen MR) is 60.2 cm³/mol. The van der Waals surface area contributed by atoms with Gasteiger partial charge in [-0.1, -0.05) is 0 Å². The zero-order valence-electron chi connectivity index (χ0n) is 9.63. The Balaban J connectivity index is 1.80. The van der Waals surface area contributed by atoms with Gasteiger partial charge in [0.1, 0.15) is 0 Å². The fourth-order valence-corrected chi connectivity index (χ4v) is 3.25. The summed E-state index contributed by atoms with van der Waals surface area (Å²) in [6.45, 7) is 8.16. The lowest BCUT2D eigenvalue weighted by molar-refractivity contribution is -0.0170. The molecule has 1 aliphatic heterocycles. The van der Waals surface area contributed by atoms with E-state index >= 15 is 0 Å². The van der Waals surface area contributed by atoms with Crippen LogP contribution in [0, 0.1) is 11.3 Å². The van der Waals surface area contributed by atoms with Crippen molar-refractivity contribution in [2.75, 3.05) is 19.6 Å². The Morgan fingerprint density at radius 3 is 2.29 bits per heavy atom. The van der Waals surface area contributed by atoms with Crippen LogP contribution in [0.25, 0.3) is 0 Å². The maximum absolute atomic E-state index is 5.69. The fraction of sp³-hybridized carbons (Fsp3) is 1.00. The lowest BCUT2D eigenvalue weighted by Crippen LogP contribution is -2.50. The Kier molecular flexibility index (Phi) is 2.85. The number of hydrogen-bond acceptors (Lipinski definition) is 2. The molecule has 0 aromatic heterocycles. The third kappa shape index (κ3) is 1.82. The summed E-state index contributed by atoms with van der Waals surface area (Å²) in [6.07, 6.45) is 5.66. The third-order valence-corrected chi connectivity index (χ3v) is 4.37. The van der Waals surface area contributed by atoms with Gasteiger partial charge >= 0.3 is 0 Å². The second-order valence-electron chi connectivity index (χ2n) is 5.64. The summed E-state index contributed by atoms with van der Waals surface area (Å²) >= 11 is 0. The van der Waals surface area contributed by atoms with E-state index in [0.29, 0.717) is 0 Å². The molecule has 2 aliphatic rings. The van der Waals surface area contributed by atoms with E-state index in [2.05, 4.69) is 18.7 Å². The molecule has 0 aromatic carbocycles. The van der Waals surface area contributed by atoms with E-state index in [0.717, 1.165) is 23.9 Å². The van der Waals surface area contributed by atoms with Gasteiger partial charge in [-0.05, 0) is 70.5 Å². The molecular weight excluding hydrogens is 172 g/mol. The van der Waals surface area contributed by atoms with Gasteiger partial charge in [0.15, 0.2) is 0 Å². The maximum atomic E-state index is 5.69. The van der Waals surface area contributed by atoms with Crippen molar-refractivity contribution in [2.24, 2.45) is 17.1 Å². The van der Waals surface area contributed by atoms with Crippen molar-refractivity contribution in [1.82, 2.24) is 4.90 Å². The molecule has 2 N–H and O–H groups in total. The highest BCUT2D eigenvalue weighted by Crippen LogP contribution is 2.52. The smallest absolute Gasteiger partial charge is 0.00385 e. The average molecular weight is 196 g/mol. The van der Waals surface area contributed by atoms with Crippen LogP contribution in [0.2, 0.25) is 0 Å². The van der Waals surface area contributed by atoms with Crippen LogP contribution < -0.4 is 5.73 Å². The molecule has 0 atom stereocenters. The minimum absolute atomic E-state index is 0.718. The van der Waals surface area contributed by atoms with E-state index < -0.39 is 0 Å². The highest BCUT2D eigenvalue weighted by Gasteiger charge is 2.44. The van der Waals surface area contributed by atoms with E-state index in [1.165, 1.54) is 38.8 Å². The molecule has 2 nitrogen and oxygen atoms in total. The largest absolute Gasteiger partial charge is 0.330 e. The number of hydrogen-bond donors (Lipinski definition) is 1. The van der Waals surface area contributed by atoms with E-state index in [1.54, 1.807) is 0 Å². The monoisotopic (exact) mass is 196 g/mol. The fourth-order valence-electron chi connectivity index (χ4n) is 3.25. The van der Waals surface area contributed by atoms with E-state index in [1.807, 2.05) is 0 Å². The topological polar surface area (TPSA) is 29.3 Å². The maximum Gasteiger partial charge on any atom is 0.00385 e. The molecular formula is C12H24N2. The summed E-state index contributed by atoms with van der Waals surface area (Å²) in [4.78, 5) is 2.61. The molecule has 0 unspecified atom stereocenters. The molecule has 0 amide bonds. The Morgan fingerprint density at radius 1 is 1.29 bits per heavy atom. The van der Waals surface area contributed by atoms with Gasteiger partial charge in [-0.25, -0.2) is 0 Å². The van der Waals surface area contributed by atoms with Crippen LogP contribution in [0.1, 0.15) is 39.5 Å². The van der Waals surface area contributed by atoms with Crippen LogP contribution in [-0.2, 0) is 0 Å². The standard InChI is InChI=1S/C12H24N2/c1-10(2)14-5-3-12(4-6-14)7-11(8-12)9-13/h10-11H,3-9,13H2,1-2H3. The molecule has 1 spiro atoms. The van der Waals surface area contributed by atoms with Crippen molar-refractivity contribution in [2.45, 2.75) is 45.6 Å². The predicted octanol–water partition coefficient (Wildman–Crippen LogP) is 1.85. The lowest BCUT2D eigenvalue weighted by Gasteiger charge is -2.52. The molecule has 1 saturated carbocycles. The Morgan fingerprint density at radius 2 is 1.86 bits per heavy atom. The molecule has 1 aliphatic carbocycles. The first kappa shape index (κ1) is 10.4. The molecule has 2 heteroatoms. The zero-order chi connectivity index (χ0) is 10.2. The molecule has 0 bridgehead atoms. The summed E-state index contributed by atoms with van der Waals surface area (Å²) in [5, 5.41) is 0. The van der Waals surface area contributed by atoms with Crippen molar-refractivity contribution in [1.29, 1.82) is 0 Å². The second-order valence-corrected chi connectivity index (χ2v) is 5.64. The van der Waals surface area contributed by atoms with Crippen LogP contribution in [0.3, 0.4) is 0 Å². The van der Waals surface area contributed by atoms with Crippen LogP contribution in [-0.4, -0.2) is 30.6 Å². The van der Waals surface area contributed by atoms with Crippen LogP contribution in [0.15, 0.2) is 0 Å².